The highest BCUT2D eigenvalue weighted by Crippen LogP contribution is 2.44. The number of benzene rings is 2. The van der Waals surface area contributed by atoms with Crippen LogP contribution in [0.4, 0.5) is 0 Å². The molecule has 2 aromatic carbocycles. The topological polar surface area (TPSA) is 0 Å². The first-order chi connectivity index (χ1) is 9.66. The lowest BCUT2D eigenvalue weighted by molar-refractivity contribution is 0.537. The van der Waals surface area contributed by atoms with E-state index < -0.39 is 0 Å². The second kappa shape index (κ2) is 5.61. The van der Waals surface area contributed by atoms with Gasteiger partial charge in [0.25, 0.3) is 0 Å². The van der Waals surface area contributed by atoms with Crippen LogP contribution in [-0.2, 0) is 6.42 Å². The fraction of sp³-hybridized carbons (Fsp3) is 0.368. The van der Waals surface area contributed by atoms with Gasteiger partial charge in [0.15, 0.2) is 0 Å². The molecule has 0 aliphatic heterocycles. The first kappa shape index (κ1) is 13.7. The number of rotatable bonds is 2. The molecule has 0 heterocycles. The maximum atomic E-state index is 6.89. The molecule has 0 nitrogen and oxygen atoms in total. The summed E-state index contributed by atoms with van der Waals surface area (Å²) >= 11 is 6.89. The van der Waals surface area contributed by atoms with E-state index in [-0.39, 0.29) is 5.38 Å². The van der Waals surface area contributed by atoms with Gasteiger partial charge in [0.2, 0.25) is 0 Å². The Morgan fingerprint density at radius 1 is 1.10 bits per heavy atom. The zero-order chi connectivity index (χ0) is 14.1. The Balaban J connectivity index is 1.99. The molecule has 0 saturated heterocycles. The number of fused-ring (bicyclic) bond motifs is 1. The molecule has 0 N–H and O–H groups in total. The Labute approximate surface area is 126 Å². The van der Waals surface area contributed by atoms with E-state index in [0.717, 1.165) is 0 Å². The van der Waals surface area contributed by atoms with E-state index in [9.17, 15) is 0 Å². The van der Waals surface area contributed by atoms with Gasteiger partial charge in [-0.2, -0.15) is 0 Å². The molecular weight excluding hydrogens is 264 g/mol. The normalized spacial score (nSPS) is 19.4. The molecule has 0 bridgehead atoms. The van der Waals surface area contributed by atoms with E-state index in [1.54, 1.807) is 0 Å². The Hall–Kier alpha value is -1.27. The lowest BCUT2D eigenvalue weighted by Gasteiger charge is -2.30. The zero-order valence-electron chi connectivity index (χ0n) is 12.2. The van der Waals surface area contributed by atoms with Crippen molar-refractivity contribution in [1.29, 1.82) is 0 Å². The average Bonchev–Trinajstić information content (AvgIpc) is 2.48. The molecule has 20 heavy (non-hydrogen) atoms. The van der Waals surface area contributed by atoms with Crippen molar-refractivity contribution in [3.05, 3.63) is 70.3 Å². The molecule has 0 amide bonds. The molecular formula is C19H21Cl. The lowest BCUT2D eigenvalue weighted by atomic mass is 9.78. The summed E-state index contributed by atoms with van der Waals surface area (Å²) in [5.41, 5.74) is 6.84. The number of halogens is 1. The molecule has 0 fully saturated rings. The van der Waals surface area contributed by atoms with Crippen molar-refractivity contribution in [3.63, 3.8) is 0 Å². The number of aryl methyl sites for hydroxylation is 3. The van der Waals surface area contributed by atoms with Gasteiger partial charge >= 0.3 is 0 Å². The van der Waals surface area contributed by atoms with E-state index in [2.05, 4.69) is 56.3 Å². The second-order valence-corrected chi connectivity index (χ2v) is 6.43. The van der Waals surface area contributed by atoms with Crippen molar-refractivity contribution >= 4 is 11.6 Å². The van der Waals surface area contributed by atoms with E-state index in [1.165, 1.54) is 47.1 Å². The lowest BCUT2D eigenvalue weighted by Crippen LogP contribution is -2.15. The van der Waals surface area contributed by atoms with Gasteiger partial charge in [-0.3, -0.25) is 0 Å². The summed E-state index contributed by atoms with van der Waals surface area (Å²) < 4.78 is 0. The highest BCUT2D eigenvalue weighted by atomic mass is 35.5. The van der Waals surface area contributed by atoms with E-state index >= 15 is 0 Å². The summed E-state index contributed by atoms with van der Waals surface area (Å²) in [7, 11) is 0. The van der Waals surface area contributed by atoms with Crippen LogP contribution in [0.5, 0.6) is 0 Å². The van der Waals surface area contributed by atoms with Crippen LogP contribution in [0.15, 0.2) is 42.5 Å². The monoisotopic (exact) mass is 284 g/mol. The number of hydrogen-bond acceptors (Lipinski definition) is 0. The van der Waals surface area contributed by atoms with Gasteiger partial charge in [-0.1, -0.05) is 48.0 Å². The summed E-state index contributed by atoms with van der Waals surface area (Å²) in [6.45, 7) is 4.31. The third kappa shape index (κ3) is 2.50. The van der Waals surface area contributed by atoms with Gasteiger partial charge < -0.3 is 0 Å². The predicted octanol–water partition coefficient (Wildman–Crippen LogP) is 5.70. The summed E-state index contributed by atoms with van der Waals surface area (Å²) in [5.74, 6) is 0.446. The molecule has 2 unspecified atom stereocenters. The molecule has 104 valence electrons. The highest BCUT2D eigenvalue weighted by molar-refractivity contribution is 6.21. The van der Waals surface area contributed by atoms with Crippen LogP contribution in [0.25, 0.3) is 0 Å². The van der Waals surface area contributed by atoms with Crippen LogP contribution in [0.3, 0.4) is 0 Å². The van der Waals surface area contributed by atoms with Gasteiger partial charge in [-0.05, 0) is 55.4 Å². The van der Waals surface area contributed by atoms with Crippen LogP contribution in [0, 0.1) is 13.8 Å². The summed E-state index contributed by atoms with van der Waals surface area (Å²) in [5, 5.41) is 0.0800. The van der Waals surface area contributed by atoms with Crippen molar-refractivity contribution in [3.8, 4) is 0 Å². The second-order valence-electron chi connectivity index (χ2n) is 5.96. The maximum absolute atomic E-state index is 6.89. The van der Waals surface area contributed by atoms with Crippen LogP contribution >= 0.6 is 11.6 Å². The van der Waals surface area contributed by atoms with Crippen molar-refractivity contribution in [2.24, 2.45) is 0 Å². The minimum atomic E-state index is 0.0800. The van der Waals surface area contributed by atoms with Crippen molar-refractivity contribution in [1.82, 2.24) is 0 Å². The third-order valence-corrected chi connectivity index (χ3v) is 5.04. The maximum Gasteiger partial charge on any atom is 0.0656 e. The smallest absolute Gasteiger partial charge is 0.0656 e. The van der Waals surface area contributed by atoms with Crippen LogP contribution in [0.1, 0.15) is 52.0 Å². The number of alkyl halides is 1. The summed E-state index contributed by atoms with van der Waals surface area (Å²) in [6.07, 6.45) is 3.64. The summed E-state index contributed by atoms with van der Waals surface area (Å²) in [6, 6.07) is 15.4. The van der Waals surface area contributed by atoms with E-state index in [1.807, 2.05) is 0 Å². The average molecular weight is 285 g/mol. The molecule has 0 spiro atoms. The Morgan fingerprint density at radius 3 is 2.75 bits per heavy atom. The molecule has 0 radical (unpaired) electrons. The Kier molecular flexibility index (Phi) is 3.85. The summed E-state index contributed by atoms with van der Waals surface area (Å²) in [4.78, 5) is 0. The van der Waals surface area contributed by atoms with Gasteiger partial charge in [-0.15, -0.1) is 11.6 Å². The Bertz CT molecular complexity index is 615. The van der Waals surface area contributed by atoms with Gasteiger partial charge in [0, 0.05) is 5.92 Å². The zero-order valence-corrected chi connectivity index (χ0v) is 13.0. The van der Waals surface area contributed by atoms with Crippen molar-refractivity contribution < 1.29 is 0 Å². The SMILES string of the molecule is Cc1ccc(C)c(C(Cl)C2CCCc3ccccc32)c1. The molecule has 3 rings (SSSR count). The predicted molar refractivity (Wildman–Crippen MR) is 86.6 cm³/mol. The molecule has 1 aliphatic rings. The molecule has 1 heteroatoms. The van der Waals surface area contributed by atoms with Gasteiger partial charge in [-0.25, -0.2) is 0 Å². The molecule has 0 aromatic heterocycles. The first-order valence-electron chi connectivity index (χ1n) is 7.46. The molecule has 1 aliphatic carbocycles. The largest absolute Gasteiger partial charge is 0.117 e. The van der Waals surface area contributed by atoms with Gasteiger partial charge in [0.05, 0.1) is 5.38 Å². The first-order valence-corrected chi connectivity index (χ1v) is 7.89. The third-order valence-electron chi connectivity index (χ3n) is 4.50. The Morgan fingerprint density at radius 2 is 1.90 bits per heavy atom. The highest BCUT2D eigenvalue weighted by Gasteiger charge is 2.28. The number of hydrogen-bond donors (Lipinski definition) is 0. The standard InChI is InChI=1S/C19H21Cl/c1-13-10-11-14(2)18(12-13)19(20)17-9-5-7-15-6-3-4-8-16(15)17/h3-4,6,8,10-12,17,19H,5,7,9H2,1-2H3. The molecule has 0 saturated carbocycles. The molecule has 2 aromatic rings. The van der Waals surface area contributed by atoms with Crippen LogP contribution < -0.4 is 0 Å². The van der Waals surface area contributed by atoms with Crippen LogP contribution in [0.2, 0.25) is 0 Å². The quantitative estimate of drug-likeness (QED) is 0.620. The van der Waals surface area contributed by atoms with Crippen molar-refractivity contribution in [2.75, 3.05) is 0 Å². The minimum Gasteiger partial charge on any atom is -0.117 e. The van der Waals surface area contributed by atoms with E-state index in [0.29, 0.717) is 5.92 Å². The fourth-order valence-corrected chi connectivity index (χ4v) is 3.87. The minimum absolute atomic E-state index is 0.0800. The fourth-order valence-electron chi connectivity index (χ4n) is 3.37. The van der Waals surface area contributed by atoms with Crippen LogP contribution in [-0.4, -0.2) is 0 Å². The molecule has 2 atom stereocenters. The van der Waals surface area contributed by atoms with Crippen molar-refractivity contribution in [2.45, 2.75) is 44.4 Å². The van der Waals surface area contributed by atoms with E-state index in [4.69, 9.17) is 11.6 Å². The van der Waals surface area contributed by atoms with Gasteiger partial charge in [0.1, 0.15) is 0 Å².